The van der Waals surface area contributed by atoms with E-state index in [0.29, 0.717) is 5.75 Å². The fourth-order valence-electron chi connectivity index (χ4n) is 1.59. The van der Waals surface area contributed by atoms with Crippen LogP contribution in [-0.4, -0.2) is 19.3 Å². The van der Waals surface area contributed by atoms with Crippen molar-refractivity contribution in [3.63, 3.8) is 0 Å². The molecule has 0 N–H and O–H groups in total. The predicted octanol–water partition coefficient (Wildman–Crippen LogP) is 4.16. The number of halogens is 1. The SMILES string of the molecule is COc1c(OC(C)C)cc(CBr)cc1OC(C)C. The van der Waals surface area contributed by atoms with Gasteiger partial charge in [0.25, 0.3) is 0 Å². The van der Waals surface area contributed by atoms with Crippen LogP contribution in [0.1, 0.15) is 33.3 Å². The highest BCUT2D eigenvalue weighted by atomic mass is 79.9. The molecule has 0 aliphatic carbocycles. The molecule has 3 nitrogen and oxygen atoms in total. The Kier molecular flexibility index (Phi) is 5.79. The summed E-state index contributed by atoms with van der Waals surface area (Å²) < 4.78 is 17.0. The van der Waals surface area contributed by atoms with Crippen molar-refractivity contribution in [2.45, 2.75) is 45.2 Å². The smallest absolute Gasteiger partial charge is 0.203 e. The number of methoxy groups -OCH3 is 1. The molecule has 0 aromatic heterocycles. The van der Waals surface area contributed by atoms with Crippen LogP contribution in [0.3, 0.4) is 0 Å². The minimum atomic E-state index is 0.0939. The summed E-state index contributed by atoms with van der Waals surface area (Å²) >= 11 is 3.45. The number of ether oxygens (including phenoxy) is 3. The zero-order valence-corrected chi connectivity index (χ0v) is 13.2. The van der Waals surface area contributed by atoms with Crippen LogP contribution in [0, 0.1) is 0 Å². The highest BCUT2D eigenvalue weighted by molar-refractivity contribution is 9.08. The van der Waals surface area contributed by atoms with Crippen molar-refractivity contribution in [2.24, 2.45) is 0 Å². The fourth-order valence-corrected chi connectivity index (χ4v) is 1.92. The van der Waals surface area contributed by atoms with E-state index in [1.54, 1.807) is 7.11 Å². The zero-order chi connectivity index (χ0) is 13.7. The first kappa shape index (κ1) is 15.2. The van der Waals surface area contributed by atoms with Gasteiger partial charge in [-0.3, -0.25) is 0 Å². The van der Waals surface area contributed by atoms with Gasteiger partial charge >= 0.3 is 0 Å². The number of alkyl halides is 1. The molecule has 1 aromatic rings. The van der Waals surface area contributed by atoms with Crippen LogP contribution in [0.25, 0.3) is 0 Å². The molecule has 0 aliphatic rings. The Morgan fingerprint density at radius 1 is 1.00 bits per heavy atom. The minimum absolute atomic E-state index is 0.0939. The Bertz CT molecular complexity index is 358. The summed E-state index contributed by atoms with van der Waals surface area (Å²) in [5.41, 5.74) is 1.10. The molecule has 4 heteroatoms. The van der Waals surface area contributed by atoms with Crippen molar-refractivity contribution in [3.8, 4) is 17.2 Å². The normalized spacial score (nSPS) is 10.9. The molecule has 1 rings (SSSR count). The van der Waals surface area contributed by atoms with E-state index in [1.807, 2.05) is 39.8 Å². The number of rotatable bonds is 6. The molecule has 18 heavy (non-hydrogen) atoms. The molecule has 0 atom stereocenters. The monoisotopic (exact) mass is 316 g/mol. The second-order valence-corrected chi connectivity index (χ2v) is 5.15. The molecule has 1 aromatic carbocycles. The third kappa shape index (κ3) is 4.09. The average molecular weight is 317 g/mol. The van der Waals surface area contributed by atoms with Gasteiger partial charge in [0.2, 0.25) is 5.75 Å². The first-order chi connectivity index (χ1) is 8.47. The number of hydrogen-bond donors (Lipinski definition) is 0. The van der Waals surface area contributed by atoms with Crippen LogP contribution < -0.4 is 14.2 Å². The van der Waals surface area contributed by atoms with E-state index in [2.05, 4.69) is 15.9 Å². The third-order valence-corrected chi connectivity index (χ3v) is 2.81. The molecule has 102 valence electrons. The maximum absolute atomic E-state index is 5.78. The molecular formula is C14H21BrO3. The summed E-state index contributed by atoms with van der Waals surface area (Å²) in [5.74, 6) is 2.10. The third-order valence-electron chi connectivity index (χ3n) is 2.16. The van der Waals surface area contributed by atoms with Crippen molar-refractivity contribution in [1.29, 1.82) is 0 Å². The van der Waals surface area contributed by atoms with E-state index in [4.69, 9.17) is 14.2 Å². The maximum Gasteiger partial charge on any atom is 0.203 e. The van der Waals surface area contributed by atoms with Crippen molar-refractivity contribution < 1.29 is 14.2 Å². The van der Waals surface area contributed by atoms with E-state index < -0.39 is 0 Å². The van der Waals surface area contributed by atoms with Crippen LogP contribution in [-0.2, 0) is 5.33 Å². The lowest BCUT2D eigenvalue weighted by Crippen LogP contribution is -2.10. The van der Waals surface area contributed by atoms with Crippen LogP contribution in [0.2, 0.25) is 0 Å². The minimum Gasteiger partial charge on any atom is -0.490 e. The molecule has 0 radical (unpaired) electrons. The van der Waals surface area contributed by atoms with Crippen LogP contribution >= 0.6 is 15.9 Å². The van der Waals surface area contributed by atoms with Crippen molar-refractivity contribution in [1.82, 2.24) is 0 Å². The topological polar surface area (TPSA) is 27.7 Å². The van der Waals surface area contributed by atoms with E-state index in [0.717, 1.165) is 22.4 Å². The summed E-state index contributed by atoms with van der Waals surface area (Å²) in [6.07, 6.45) is 0.188. The Balaban J connectivity index is 3.20. The van der Waals surface area contributed by atoms with Gasteiger partial charge in [-0.15, -0.1) is 0 Å². The van der Waals surface area contributed by atoms with Gasteiger partial charge < -0.3 is 14.2 Å². The van der Waals surface area contributed by atoms with E-state index in [1.165, 1.54) is 0 Å². The van der Waals surface area contributed by atoms with E-state index in [-0.39, 0.29) is 12.2 Å². The van der Waals surface area contributed by atoms with E-state index >= 15 is 0 Å². The lowest BCUT2D eigenvalue weighted by Gasteiger charge is -2.19. The Hall–Kier alpha value is -0.900. The Morgan fingerprint density at radius 3 is 1.72 bits per heavy atom. The highest BCUT2D eigenvalue weighted by Crippen LogP contribution is 2.40. The lowest BCUT2D eigenvalue weighted by molar-refractivity contribution is 0.208. The van der Waals surface area contributed by atoms with Gasteiger partial charge in [0.05, 0.1) is 19.3 Å². The summed E-state index contributed by atoms with van der Waals surface area (Å²) in [6, 6.07) is 3.95. The molecule has 0 unspecified atom stereocenters. The molecular weight excluding hydrogens is 296 g/mol. The van der Waals surface area contributed by atoms with Gasteiger partial charge in [0.15, 0.2) is 11.5 Å². The van der Waals surface area contributed by atoms with Crippen molar-refractivity contribution in [3.05, 3.63) is 17.7 Å². The first-order valence-electron chi connectivity index (χ1n) is 6.08. The van der Waals surface area contributed by atoms with Gasteiger partial charge in [-0.05, 0) is 45.4 Å². The molecule has 0 aliphatic heterocycles. The predicted molar refractivity (Wildman–Crippen MR) is 77.2 cm³/mol. The second kappa shape index (κ2) is 6.88. The Labute approximate surface area is 118 Å². The number of hydrogen-bond acceptors (Lipinski definition) is 3. The average Bonchev–Trinajstić information content (AvgIpc) is 2.27. The van der Waals surface area contributed by atoms with Gasteiger partial charge in [-0.25, -0.2) is 0 Å². The quantitative estimate of drug-likeness (QED) is 0.737. The molecule has 0 saturated heterocycles. The molecule has 0 fully saturated rings. The molecule has 0 amide bonds. The number of benzene rings is 1. The van der Waals surface area contributed by atoms with Gasteiger partial charge in [-0.2, -0.15) is 0 Å². The van der Waals surface area contributed by atoms with Gasteiger partial charge in [0, 0.05) is 5.33 Å². The molecule has 0 spiro atoms. The summed E-state index contributed by atoms with van der Waals surface area (Å²) in [6.45, 7) is 7.96. The fraction of sp³-hybridized carbons (Fsp3) is 0.571. The standard InChI is InChI=1S/C14H21BrO3/c1-9(2)17-12-6-11(8-15)7-13(14(12)16-5)18-10(3)4/h6-7,9-10H,8H2,1-5H3. The summed E-state index contributed by atoms with van der Waals surface area (Å²) in [4.78, 5) is 0. The summed E-state index contributed by atoms with van der Waals surface area (Å²) in [5, 5.41) is 0.750. The second-order valence-electron chi connectivity index (χ2n) is 4.59. The first-order valence-corrected chi connectivity index (χ1v) is 7.20. The van der Waals surface area contributed by atoms with Gasteiger partial charge in [0.1, 0.15) is 0 Å². The van der Waals surface area contributed by atoms with Crippen LogP contribution in [0.15, 0.2) is 12.1 Å². The van der Waals surface area contributed by atoms with E-state index in [9.17, 15) is 0 Å². The molecule has 0 saturated carbocycles. The van der Waals surface area contributed by atoms with Crippen molar-refractivity contribution >= 4 is 15.9 Å². The van der Waals surface area contributed by atoms with Crippen LogP contribution in [0.5, 0.6) is 17.2 Å². The molecule has 0 heterocycles. The van der Waals surface area contributed by atoms with Crippen LogP contribution in [0.4, 0.5) is 0 Å². The summed E-state index contributed by atoms with van der Waals surface area (Å²) in [7, 11) is 1.63. The highest BCUT2D eigenvalue weighted by Gasteiger charge is 2.16. The van der Waals surface area contributed by atoms with Crippen molar-refractivity contribution in [2.75, 3.05) is 7.11 Å². The Morgan fingerprint density at radius 2 is 1.44 bits per heavy atom. The largest absolute Gasteiger partial charge is 0.490 e. The maximum atomic E-state index is 5.78. The molecule has 0 bridgehead atoms. The zero-order valence-electron chi connectivity index (χ0n) is 11.6. The van der Waals surface area contributed by atoms with Gasteiger partial charge in [-0.1, -0.05) is 15.9 Å². The lowest BCUT2D eigenvalue weighted by atomic mass is 10.2.